The molecule has 22 heavy (non-hydrogen) atoms. The molecular formula is C13H28N4O5. The van der Waals surface area contributed by atoms with E-state index in [1.54, 1.807) is 7.05 Å². The van der Waals surface area contributed by atoms with Crippen molar-refractivity contribution >= 4 is 0 Å². The van der Waals surface area contributed by atoms with E-state index in [4.69, 9.17) is 26.7 Å². The fraction of sp³-hybridized carbons (Fsp3) is 1.00. The topological polar surface area (TPSA) is 169 Å². The molecule has 1 heterocycles. The third-order valence-electron chi connectivity index (χ3n) is 4.58. The molecule has 130 valence electrons. The first-order valence-electron chi connectivity index (χ1n) is 7.64. The lowest BCUT2D eigenvalue weighted by Crippen LogP contribution is -2.71. The zero-order valence-corrected chi connectivity index (χ0v) is 12.7. The van der Waals surface area contributed by atoms with Crippen molar-refractivity contribution in [3.63, 3.8) is 0 Å². The summed E-state index contributed by atoms with van der Waals surface area (Å²) >= 11 is 0. The van der Waals surface area contributed by atoms with Gasteiger partial charge in [0.15, 0.2) is 6.29 Å². The second kappa shape index (κ2) is 7.47. The Morgan fingerprint density at radius 1 is 1.14 bits per heavy atom. The van der Waals surface area contributed by atoms with Crippen molar-refractivity contribution in [3.8, 4) is 0 Å². The Labute approximate surface area is 129 Å². The highest BCUT2D eigenvalue weighted by atomic mass is 16.7. The van der Waals surface area contributed by atoms with Crippen LogP contribution in [0.4, 0.5) is 0 Å². The van der Waals surface area contributed by atoms with Gasteiger partial charge in [0.05, 0.1) is 42.5 Å². The first-order chi connectivity index (χ1) is 10.4. The van der Waals surface area contributed by atoms with Crippen LogP contribution in [0.2, 0.25) is 0 Å². The normalized spacial score (nSPS) is 50.0. The SMILES string of the molecule is CNC1C(O)C(O)C(N)C(OC2OC(CN)CCC2N)C1O. The maximum atomic E-state index is 10.4. The number of aliphatic hydroxyl groups is 3. The van der Waals surface area contributed by atoms with Crippen molar-refractivity contribution in [3.05, 3.63) is 0 Å². The highest BCUT2D eigenvalue weighted by Crippen LogP contribution is 2.27. The Bertz CT molecular complexity index is 363. The Balaban J connectivity index is 2.08. The molecule has 2 fully saturated rings. The molecule has 1 saturated heterocycles. The van der Waals surface area contributed by atoms with Gasteiger partial charge in [0.25, 0.3) is 0 Å². The molecular weight excluding hydrogens is 292 g/mol. The number of nitrogens with two attached hydrogens (primary N) is 3. The number of aliphatic hydroxyl groups excluding tert-OH is 3. The van der Waals surface area contributed by atoms with E-state index in [2.05, 4.69) is 5.32 Å². The fourth-order valence-corrected chi connectivity index (χ4v) is 3.12. The van der Waals surface area contributed by atoms with Gasteiger partial charge < -0.3 is 47.3 Å². The van der Waals surface area contributed by atoms with Gasteiger partial charge in [-0.15, -0.1) is 0 Å². The summed E-state index contributed by atoms with van der Waals surface area (Å²) in [6, 6.07) is -2.08. The molecule has 0 aromatic rings. The summed E-state index contributed by atoms with van der Waals surface area (Å²) in [6.07, 6.45) is -3.91. The molecule has 10 N–H and O–H groups in total. The van der Waals surface area contributed by atoms with Crippen LogP contribution in [0.1, 0.15) is 12.8 Å². The van der Waals surface area contributed by atoms with Gasteiger partial charge in [-0.05, 0) is 19.9 Å². The molecule has 9 nitrogen and oxygen atoms in total. The Kier molecular flexibility index (Phi) is 6.11. The lowest BCUT2D eigenvalue weighted by atomic mass is 9.82. The zero-order chi connectivity index (χ0) is 16.4. The number of rotatable bonds is 4. The van der Waals surface area contributed by atoms with Crippen molar-refractivity contribution < 1.29 is 24.8 Å². The van der Waals surface area contributed by atoms with Crippen molar-refractivity contribution in [2.75, 3.05) is 13.6 Å². The third kappa shape index (κ3) is 3.42. The van der Waals surface area contributed by atoms with Gasteiger partial charge in [-0.25, -0.2) is 0 Å². The summed E-state index contributed by atoms with van der Waals surface area (Å²) in [5, 5.41) is 33.1. The van der Waals surface area contributed by atoms with Crippen LogP contribution in [0.5, 0.6) is 0 Å². The Hall–Kier alpha value is -0.360. The van der Waals surface area contributed by atoms with Gasteiger partial charge >= 0.3 is 0 Å². The third-order valence-corrected chi connectivity index (χ3v) is 4.58. The lowest BCUT2D eigenvalue weighted by Gasteiger charge is -2.46. The van der Waals surface area contributed by atoms with Crippen LogP contribution in [-0.2, 0) is 9.47 Å². The lowest BCUT2D eigenvalue weighted by molar-refractivity contribution is -0.258. The molecule has 0 amide bonds. The minimum Gasteiger partial charge on any atom is -0.389 e. The molecule has 0 aromatic carbocycles. The van der Waals surface area contributed by atoms with Crippen LogP contribution in [0.15, 0.2) is 0 Å². The second-order valence-corrected chi connectivity index (χ2v) is 6.07. The predicted octanol–water partition coefficient (Wildman–Crippen LogP) is -3.83. The minimum absolute atomic E-state index is 0.155. The summed E-state index contributed by atoms with van der Waals surface area (Å²) in [4.78, 5) is 0. The molecule has 1 aliphatic heterocycles. The molecule has 0 aromatic heterocycles. The van der Waals surface area contributed by atoms with Crippen LogP contribution in [0.25, 0.3) is 0 Å². The average molecular weight is 320 g/mol. The van der Waals surface area contributed by atoms with Crippen LogP contribution in [0.3, 0.4) is 0 Å². The van der Waals surface area contributed by atoms with Gasteiger partial charge in [0.1, 0.15) is 6.10 Å². The van der Waals surface area contributed by atoms with E-state index < -0.39 is 42.8 Å². The Morgan fingerprint density at radius 3 is 2.41 bits per heavy atom. The van der Waals surface area contributed by atoms with Gasteiger partial charge in [0, 0.05) is 6.54 Å². The first kappa shape index (κ1) is 18.0. The van der Waals surface area contributed by atoms with Crippen molar-refractivity contribution in [1.29, 1.82) is 0 Å². The molecule has 0 bridgehead atoms. The van der Waals surface area contributed by atoms with Gasteiger partial charge in [-0.2, -0.15) is 0 Å². The van der Waals surface area contributed by atoms with E-state index in [0.717, 1.165) is 6.42 Å². The highest BCUT2D eigenvalue weighted by Gasteiger charge is 2.49. The van der Waals surface area contributed by atoms with Crippen LogP contribution >= 0.6 is 0 Å². The number of ether oxygens (including phenoxy) is 2. The smallest absolute Gasteiger partial charge is 0.173 e. The average Bonchev–Trinajstić information content (AvgIpc) is 2.51. The molecule has 2 aliphatic rings. The quantitative estimate of drug-likeness (QED) is 0.274. The standard InChI is InChI=1S/C13H28N4O5/c1-17-8-10(19)9(18)7(16)12(11(8)20)22-13-6(15)3-2-5(4-14)21-13/h5-13,17-20H,2-4,14-16H2,1H3. The summed E-state index contributed by atoms with van der Waals surface area (Å²) in [5.41, 5.74) is 17.5. The number of hydrogen-bond donors (Lipinski definition) is 7. The van der Waals surface area contributed by atoms with Crippen LogP contribution in [-0.4, -0.2) is 83.8 Å². The minimum atomic E-state index is -1.23. The van der Waals surface area contributed by atoms with E-state index in [1.807, 2.05) is 0 Å². The van der Waals surface area contributed by atoms with E-state index in [1.165, 1.54) is 0 Å². The van der Waals surface area contributed by atoms with E-state index >= 15 is 0 Å². The number of hydrogen-bond acceptors (Lipinski definition) is 9. The molecule has 1 saturated carbocycles. The highest BCUT2D eigenvalue weighted by molar-refractivity contribution is 5.04. The molecule has 2 rings (SSSR count). The van der Waals surface area contributed by atoms with Crippen molar-refractivity contribution in [2.45, 2.75) is 67.8 Å². The van der Waals surface area contributed by atoms with Gasteiger partial charge in [-0.3, -0.25) is 0 Å². The van der Waals surface area contributed by atoms with Crippen molar-refractivity contribution in [2.24, 2.45) is 17.2 Å². The maximum Gasteiger partial charge on any atom is 0.173 e. The first-order valence-corrected chi connectivity index (χ1v) is 7.64. The molecule has 1 aliphatic carbocycles. The maximum absolute atomic E-state index is 10.4. The summed E-state index contributed by atoms with van der Waals surface area (Å²) < 4.78 is 11.4. The number of nitrogens with one attached hydrogen (secondary N) is 1. The fourth-order valence-electron chi connectivity index (χ4n) is 3.12. The monoisotopic (exact) mass is 320 g/mol. The summed E-state index contributed by atoms with van der Waals surface area (Å²) in [6.45, 7) is 0.354. The van der Waals surface area contributed by atoms with Crippen LogP contribution in [0, 0.1) is 0 Å². The molecule has 9 atom stereocenters. The molecule has 0 radical (unpaired) electrons. The molecule has 9 heteroatoms. The summed E-state index contributed by atoms with van der Waals surface area (Å²) in [5.74, 6) is 0. The van der Waals surface area contributed by atoms with Gasteiger partial charge in [0.2, 0.25) is 0 Å². The largest absolute Gasteiger partial charge is 0.389 e. The van der Waals surface area contributed by atoms with E-state index in [-0.39, 0.29) is 12.1 Å². The Morgan fingerprint density at radius 2 is 1.82 bits per heavy atom. The number of likely N-dealkylation sites (N-methyl/N-ethyl adjacent to an activating group) is 1. The summed E-state index contributed by atoms with van der Waals surface area (Å²) in [7, 11) is 1.57. The second-order valence-electron chi connectivity index (χ2n) is 6.07. The van der Waals surface area contributed by atoms with E-state index in [0.29, 0.717) is 13.0 Å². The predicted molar refractivity (Wildman–Crippen MR) is 78.6 cm³/mol. The van der Waals surface area contributed by atoms with Crippen LogP contribution < -0.4 is 22.5 Å². The zero-order valence-electron chi connectivity index (χ0n) is 12.7. The van der Waals surface area contributed by atoms with E-state index in [9.17, 15) is 15.3 Å². The van der Waals surface area contributed by atoms with Gasteiger partial charge in [-0.1, -0.05) is 0 Å². The molecule has 0 spiro atoms. The van der Waals surface area contributed by atoms with Crippen molar-refractivity contribution in [1.82, 2.24) is 5.32 Å². The molecule has 9 unspecified atom stereocenters.